The van der Waals surface area contributed by atoms with Crippen LogP contribution in [0.15, 0.2) is 152 Å². The fourth-order valence-electron chi connectivity index (χ4n) is 7.45. The van der Waals surface area contributed by atoms with Crippen molar-refractivity contribution in [2.45, 2.75) is 0 Å². The first kappa shape index (κ1) is 28.8. The Morgan fingerprint density at radius 2 is 0.980 bits per heavy atom. The number of fused-ring (bicyclic) bond motifs is 6. The van der Waals surface area contributed by atoms with E-state index in [-0.39, 0.29) is 0 Å². The molecule has 0 N–H and O–H groups in total. The van der Waals surface area contributed by atoms with Crippen molar-refractivity contribution >= 4 is 43.6 Å². The number of nitriles is 3. The molecule has 0 bridgehead atoms. The molecule has 0 spiro atoms. The Kier molecular flexibility index (Phi) is 6.56. The second kappa shape index (κ2) is 11.4. The van der Waals surface area contributed by atoms with Crippen molar-refractivity contribution in [1.29, 1.82) is 15.8 Å². The van der Waals surface area contributed by atoms with Crippen LogP contribution in [0.5, 0.6) is 0 Å². The molecule has 7 aromatic carbocycles. The van der Waals surface area contributed by atoms with E-state index >= 15 is 0 Å². The maximum atomic E-state index is 10.3. The van der Waals surface area contributed by atoms with E-state index in [1.54, 1.807) is 0 Å². The maximum absolute atomic E-state index is 10.3. The van der Waals surface area contributed by atoms with Gasteiger partial charge in [-0.2, -0.15) is 15.8 Å². The smallest absolute Gasteiger partial charge is 0.0998 e. The van der Waals surface area contributed by atoms with Gasteiger partial charge in [0, 0.05) is 38.4 Å². The zero-order chi connectivity index (χ0) is 33.8. The lowest BCUT2D eigenvalue weighted by molar-refractivity contribution is 1.18. The van der Waals surface area contributed by atoms with E-state index in [1.165, 1.54) is 0 Å². The molecule has 0 atom stereocenters. The molecule has 0 radical (unpaired) electrons. The molecule has 0 aliphatic carbocycles. The van der Waals surface area contributed by atoms with Crippen molar-refractivity contribution in [1.82, 2.24) is 9.13 Å². The SMILES string of the molecule is N#Cc1ccc2c(c1)c1ccccc1n2-c1ccc(C#N)c(-c2ccc(-c3c(C#N)cccc3-n3c4ccccc4c4ccccc43)cc2)c1. The Morgan fingerprint density at radius 3 is 1.62 bits per heavy atom. The summed E-state index contributed by atoms with van der Waals surface area (Å²) in [6, 6.07) is 57.7. The summed E-state index contributed by atoms with van der Waals surface area (Å²) in [6.07, 6.45) is 0. The molecule has 0 aliphatic rings. The average Bonchev–Trinajstić information content (AvgIpc) is 3.70. The normalized spacial score (nSPS) is 11.1. The first-order valence-corrected chi connectivity index (χ1v) is 16.3. The summed E-state index contributed by atoms with van der Waals surface area (Å²) in [5.74, 6) is 0. The van der Waals surface area contributed by atoms with Gasteiger partial charge in [-0.05, 0) is 77.9 Å². The molecular formula is C45H25N5. The molecule has 0 amide bonds. The van der Waals surface area contributed by atoms with Gasteiger partial charge < -0.3 is 9.13 Å². The molecule has 2 heterocycles. The number of nitrogens with zero attached hydrogens (tertiary/aromatic N) is 5. The molecule has 5 heteroatoms. The minimum Gasteiger partial charge on any atom is -0.309 e. The third kappa shape index (κ3) is 4.31. The van der Waals surface area contributed by atoms with Gasteiger partial charge in [-0.15, -0.1) is 0 Å². The highest BCUT2D eigenvalue weighted by Gasteiger charge is 2.19. The van der Waals surface area contributed by atoms with Crippen LogP contribution >= 0.6 is 0 Å². The molecule has 0 saturated heterocycles. The zero-order valence-corrected chi connectivity index (χ0v) is 26.7. The van der Waals surface area contributed by atoms with Crippen molar-refractivity contribution < 1.29 is 0 Å². The van der Waals surface area contributed by atoms with Gasteiger partial charge in [0.1, 0.15) is 0 Å². The van der Waals surface area contributed by atoms with Crippen molar-refractivity contribution in [3.8, 4) is 51.8 Å². The first-order chi connectivity index (χ1) is 24.7. The van der Waals surface area contributed by atoms with E-state index in [1.807, 2.05) is 91.0 Å². The predicted molar refractivity (Wildman–Crippen MR) is 200 cm³/mol. The van der Waals surface area contributed by atoms with Crippen LogP contribution in [0.1, 0.15) is 16.7 Å². The van der Waals surface area contributed by atoms with Gasteiger partial charge in [-0.3, -0.25) is 0 Å². The molecule has 50 heavy (non-hydrogen) atoms. The van der Waals surface area contributed by atoms with Crippen LogP contribution in [0.4, 0.5) is 0 Å². The van der Waals surface area contributed by atoms with E-state index in [0.29, 0.717) is 16.7 Å². The van der Waals surface area contributed by atoms with Crippen molar-refractivity contribution in [2.75, 3.05) is 0 Å². The third-order valence-corrected chi connectivity index (χ3v) is 9.65. The first-order valence-electron chi connectivity index (χ1n) is 16.3. The number of hydrogen-bond acceptors (Lipinski definition) is 3. The summed E-state index contributed by atoms with van der Waals surface area (Å²) in [5, 5.41) is 34.5. The van der Waals surface area contributed by atoms with Crippen LogP contribution in [-0.2, 0) is 0 Å². The Balaban J connectivity index is 1.20. The fourth-order valence-corrected chi connectivity index (χ4v) is 7.45. The summed E-state index contributed by atoms with van der Waals surface area (Å²) in [7, 11) is 0. The van der Waals surface area contributed by atoms with Gasteiger partial charge in [0.15, 0.2) is 0 Å². The van der Waals surface area contributed by atoms with Crippen LogP contribution in [0, 0.1) is 34.0 Å². The predicted octanol–water partition coefficient (Wildman–Crippen LogP) is 10.8. The van der Waals surface area contributed by atoms with E-state index in [4.69, 9.17) is 0 Å². The maximum Gasteiger partial charge on any atom is 0.0998 e. The molecule has 0 unspecified atom stereocenters. The minimum atomic E-state index is 0.567. The van der Waals surface area contributed by atoms with E-state index in [2.05, 4.69) is 88.0 Å². The van der Waals surface area contributed by atoms with Crippen LogP contribution in [0.2, 0.25) is 0 Å². The molecule has 0 saturated carbocycles. The van der Waals surface area contributed by atoms with E-state index < -0.39 is 0 Å². The average molecular weight is 636 g/mol. The summed E-state index contributed by atoms with van der Waals surface area (Å²) in [5.41, 5.74) is 11.2. The van der Waals surface area contributed by atoms with Crippen molar-refractivity contribution in [2.24, 2.45) is 0 Å². The van der Waals surface area contributed by atoms with E-state index in [0.717, 1.165) is 77.2 Å². The zero-order valence-electron chi connectivity index (χ0n) is 26.7. The Morgan fingerprint density at radius 1 is 0.400 bits per heavy atom. The van der Waals surface area contributed by atoms with Gasteiger partial charge in [-0.1, -0.05) is 84.9 Å². The second-order valence-corrected chi connectivity index (χ2v) is 12.3. The third-order valence-electron chi connectivity index (χ3n) is 9.65. The molecular weight excluding hydrogens is 611 g/mol. The Labute approximate surface area is 287 Å². The quantitative estimate of drug-likeness (QED) is 0.193. The summed E-state index contributed by atoms with van der Waals surface area (Å²) in [4.78, 5) is 0. The van der Waals surface area contributed by atoms with Crippen LogP contribution in [-0.4, -0.2) is 9.13 Å². The highest BCUT2D eigenvalue weighted by Crippen LogP contribution is 2.39. The van der Waals surface area contributed by atoms with Crippen molar-refractivity contribution in [3.63, 3.8) is 0 Å². The number of benzene rings is 7. The van der Waals surface area contributed by atoms with Gasteiger partial charge in [0.2, 0.25) is 0 Å². The van der Waals surface area contributed by atoms with Crippen LogP contribution in [0.25, 0.3) is 77.2 Å². The number of aromatic nitrogens is 2. The molecule has 2 aromatic heterocycles. The monoisotopic (exact) mass is 635 g/mol. The van der Waals surface area contributed by atoms with E-state index in [9.17, 15) is 15.8 Å². The lowest BCUT2D eigenvalue weighted by Crippen LogP contribution is -1.99. The Bertz CT molecular complexity index is 2900. The van der Waals surface area contributed by atoms with Gasteiger partial charge in [0.05, 0.1) is 62.7 Å². The lowest BCUT2D eigenvalue weighted by Gasteiger charge is -2.16. The summed E-state index contributed by atoms with van der Waals surface area (Å²) in [6.45, 7) is 0. The molecule has 0 fully saturated rings. The largest absolute Gasteiger partial charge is 0.309 e. The summed E-state index contributed by atoms with van der Waals surface area (Å²) >= 11 is 0. The molecule has 230 valence electrons. The van der Waals surface area contributed by atoms with Gasteiger partial charge >= 0.3 is 0 Å². The molecule has 5 nitrogen and oxygen atoms in total. The highest BCUT2D eigenvalue weighted by molar-refractivity contribution is 6.11. The standard InChI is InChI=1S/C45H25N5/c46-26-29-16-23-43-39(24-29)37-11-3-4-12-40(37)49(43)34-22-21-32(27-47)38(25-34)30-17-19-31(20-18-30)45-33(28-48)8-7-15-44(45)50-41-13-5-1-9-35(41)36-10-2-6-14-42(36)50/h1-25H. The fraction of sp³-hybridized carbons (Fsp3) is 0. The molecule has 9 aromatic rings. The highest BCUT2D eigenvalue weighted by atomic mass is 15.0. The molecule has 9 rings (SSSR count). The molecule has 0 aliphatic heterocycles. The lowest BCUT2D eigenvalue weighted by atomic mass is 9.94. The minimum absolute atomic E-state index is 0.567. The number of rotatable bonds is 4. The topological polar surface area (TPSA) is 81.2 Å². The van der Waals surface area contributed by atoms with Crippen LogP contribution < -0.4 is 0 Å². The van der Waals surface area contributed by atoms with Gasteiger partial charge in [-0.25, -0.2) is 0 Å². The van der Waals surface area contributed by atoms with Gasteiger partial charge in [0.25, 0.3) is 0 Å². The summed E-state index contributed by atoms with van der Waals surface area (Å²) < 4.78 is 4.43. The van der Waals surface area contributed by atoms with Crippen molar-refractivity contribution in [3.05, 3.63) is 168 Å². The Hall–Kier alpha value is -7.39. The number of para-hydroxylation sites is 3. The second-order valence-electron chi connectivity index (χ2n) is 12.3. The van der Waals surface area contributed by atoms with Crippen LogP contribution in [0.3, 0.4) is 0 Å². The number of hydrogen-bond donors (Lipinski definition) is 0.